The second kappa shape index (κ2) is 6.93. The molecule has 0 aromatic carbocycles. The van der Waals surface area contributed by atoms with Gasteiger partial charge in [0.15, 0.2) is 0 Å². The van der Waals surface area contributed by atoms with Crippen LogP contribution in [0.25, 0.3) is 0 Å². The highest BCUT2D eigenvalue weighted by Gasteiger charge is 2.42. The highest BCUT2D eigenvalue weighted by atomic mass is 32.2. The highest BCUT2D eigenvalue weighted by Crippen LogP contribution is 2.49. The molecule has 3 heteroatoms. The lowest BCUT2D eigenvalue weighted by Crippen LogP contribution is -2.43. The van der Waals surface area contributed by atoms with Crippen molar-refractivity contribution < 1.29 is 4.79 Å². The van der Waals surface area contributed by atoms with E-state index in [9.17, 15) is 4.79 Å². The fraction of sp³-hybridized carbons (Fsp3) is 0.944. The number of nitrogens with one attached hydrogen (secondary N) is 1. The molecule has 2 nitrogen and oxygen atoms in total. The second-order valence-electron chi connectivity index (χ2n) is 7.67. The van der Waals surface area contributed by atoms with Gasteiger partial charge < -0.3 is 5.32 Å². The van der Waals surface area contributed by atoms with Gasteiger partial charge in [-0.25, -0.2) is 0 Å². The maximum atomic E-state index is 12.5. The molecule has 5 unspecified atom stereocenters. The first-order valence-electron chi connectivity index (χ1n) is 9.09. The van der Waals surface area contributed by atoms with Gasteiger partial charge in [-0.1, -0.05) is 25.7 Å². The number of amides is 1. The van der Waals surface area contributed by atoms with Crippen LogP contribution in [0.3, 0.4) is 0 Å². The summed E-state index contributed by atoms with van der Waals surface area (Å²) in [5.74, 6) is 2.89. The van der Waals surface area contributed by atoms with Crippen molar-refractivity contribution in [3.63, 3.8) is 0 Å². The predicted molar refractivity (Wildman–Crippen MR) is 90.5 cm³/mol. The zero-order chi connectivity index (χ0) is 14.8. The summed E-state index contributed by atoms with van der Waals surface area (Å²) in [6.45, 7) is 4.34. The third kappa shape index (κ3) is 3.78. The van der Waals surface area contributed by atoms with Crippen molar-refractivity contribution in [3.8, 4) is 0 Å². The van der Waals surface area contributed by atoms with E-state index in [1.807, 2.05) is 11.8 Å². The summed E-state index contributed by atoms with van der Waals surface area (Å²) >= 11 is 1.92. The predicted octanol–water partition coefficient (Wildman–Crippen LogP) is 4.38. The van der Waals surface area contributed by atoms with E-state index in [1.165, 1.54) is 57.8 Å². The number of fused-ring (bicyclic) bond motifs is 2. The van der Waals surface area contributed by atoms with Crippen LogP contribution in [0.2, 0.25) is 0 Å². The molecule has 0 heterocycles. The topological polar surface area (TPSA) is 29.1 Å². The zero-order valence-electron chi connectivity index (χ0n) is 13.6. The molecule has 5 atom stereocenters. The van der Waals surface area contributed by atoms with Crippen molar-refractivity contribution in [1.29, 1.82) is 0 Å². The highest BCUT2D eigenvalue weighted by molar-refractivity contribution is 8.01. The van der Waals surface area contributed by atoms with Crippen LogP contribution in [0.4, 0.5) is 0 Å². The van der Waals surface area contributed by atoms with Crippen LogP contribution in [-0.4, -0.2) is 22.4 Å². The lowest BCUT2D eigenvalue weighted by molar-refractivity contribution is -0.121. The lowest BCUT2D eigenvalue weighted by atomic mass is 9.84. The first kappa shape index (κ1) is 15.7. The molecular formula is C18H31NOS. The largest absolute Gasteiger partial charge is 0.352 e. The molecule has 3 saturated carbocycles. The number of hydrogen-bond donors (Lipinski definition) is 1. The summed E-state index contributed by atoms with van der Waals surface area (Å²) in [4.78, 5) is 12.5. The Hall–Kier alpha value is -0.180. The zero-order valence-corrected chi connectivity index (χ0v) is 14.5. The van der Waals surface area contributed by atoms with Crippen molar-refractivity contribution in [2.45, 2.75) is 88.2 Å². The molecule has 1 amide bonds. The van der Waals surface area contributed by atoms with Gasteiger partial charge >= 0.3 is 0 Å². The summed E-state index contributed by atoms with van der Waals surface area (Å²) in [7, 11) is 0. The number of rotatable bonds is 5. The van der Waals surface area contributed by atoms with Gasteiger partial charge in [-0.3, -0.25) is 4.79 Å². The summed E-state index contributed by atoms with van der Waals surface area (Å²) in [6, 6.07) is 0.377. The quantitative estimate of drug-likeness (QED) is 0.816. The van der Waals surface area contributed by atoms with Crippen molar-refractivity contribution in [2.75, 3.05) is 0 Å². The molecule has 120 valence electrons. The third-order valence-corrected chi connectivity index (χ3v) is 7.60. The Bertz CT molecular complexity index is 366. The van der Waals surface area contributed by atoms with Gasteiger partial charge in [-0.05, 0) is 63.7 Å². The maximum absolute atomic E-state index is 12.5. The Balaban J connectivity index is 1.44. The van der Waals surface area contributed by atoms with Gasteiger partial charge in [-0.15, -0.1) is 11.8 Å². The average molecular weight is 310 g/mol. The van der Waals surface area contributed by atoms with E-state index in [1.54, 1.807) is 0 Å². The molecule has 2 bridgehead atoms. The summed E-state index contributed by atoms with van der Waals surface area (Å²) in [6.07, 6.45) is 12.3. The van der Waals surface area contributed by atoms with E-state index in [2.05, 4.69) is 19.2 Å². The lowest BCUT2D eigenvalue weighted by Gasteiger charge is -2.30. The minimum Gasteiger partial charge on any atom is -0.352 e. The van der Waals surface area contributed by atoms with E-state index in [0.717, 1.165) is 23.0 Å². The van der Waals surface area contributed by atoms with Crippen molar-refractivity contribution in [3.05, 3.63) is 0 Å². The van der Waals surface area contributed by atoms with Crippen molar-refractivity contribution >= 4 is 17.7 Å². The molecule has 0 aromatic rings. The van der Waals surface area contributed by atoms with Gasteiger partial charge in [0, 0.05) is 11.3 Å². The third-order valence-electron chi connectivity index (χ3n) is 6.12. The van der Waals surface area contributed by atoms with Crippen LogP contribution in [-0.2, 0) is 4.79 Å². The molecule has 3 rings (SSSR count). The van der Waals surface area contributed by atoms with Crippen LogP contribution in [0.15, 0.2) is 0 Å². The fourth-order valence-electron chi connectivity index (χ4n) is 4.91. The average Bonchev–Trinajstić information content (AvgIpc) is 3.11. The minimum atomic E-state index is 0.120. The van der Waals surface area contributed by atoms with E-state index in [-0.39, 0.29) is 11.2 Å². The smallest absolute Gasteiger partial charge is 0.233 e. The van der Waals surface area contributed by atoms with Crippen LogP contribution in [0.1, 0.15) is 71.6 Å². The Morgan fingerprint density at radius 2 is 1.81 bits per heavy atom. The molecule has 3 aliphatic rings. The van der Waals surface area contributed by atoms with Crippen LogP contribution in [0.5, 0.6) is 0 Å². The van der Waals surface area contributed by atoms with Crippen molar-refractivity contribution in [1.82, 2.24) is 5.32 Å². The molecule has 0 saturated heterocycles. The van der Waals surface area contributed by atoms with Gasteiger partial charge in [0.25, 0.3) is 0 Å². The molecule has 0 radical (unpaired) electrons. The van der Waals surface area contributed by atoms with Crippen LogP contribution in [0, 0.1) is 17.8 Å². The van der Waals surface area contributed by atoms with Gasteiger partial charge in [-0.2, -0.15) is 0 Å². The van der Waals surface area contributed by atoms with Gasteiger partial charge in [0.05, 0.1) is 5.25 Å². The van der Waals surface area contributed by atoms with E-state index < -0.39 is 0 Å². The summed E-state index contributed by atoms with van der Waals surface area (Å²) < 4.78 is 0. The van der Waals surface area contributed by atoms with Gasteiger partial charge in [0.2, 0.25) is 5.91 Å². The summed E-state index contributed by atoms with van der Waals surface area (Å²) in [5.41, 5.74) is 0. The molecule has 0 aromatic heterocycles. The summed E-state index contributed by atoms with van der Waals surface area (Å²) in [5, 5.41) is 4.18. The van der Waals surface area contributed by atoms with Gasteiger partial charge in [0.1, 0.15) is 0 Å². The van der Waals surface area contributed by atoms with E-state index >= 15 is 0 Å². The maximum Gasteiger partial charge on any atom is 0.233 e. The molecular weight excluding hydrogens is 278 g/mol. The molecule has 1 N–H and O–H groups in total. The first-order chi connectivity index (χ1) is 10.1. The number of carbonyl (C=O) groups excluding carboxylic acids is 1. The molecule has 0 spiro atoms. The minimum absolute atomic E-state index is 0.120. The van der Waals surface area contributed by atoms with Crippen LogP contribution < -0.4 is 5.32 Å². The Labute approximate surface area is 134 Å². The molecule has 3 aliphatic carbocycles. The molecule has 21 heavy (non-hydrogen) atoms. The Kier molecular flexibility index (Phi) is 5.19. The second-order valence-corrected chi connectivity index (χ2v) is 9.32. The van der Waals surface area contributed by atoms with Crippen LogP contribution >= 0.6 is 11.8 Å². The SMILES string of the molecule is CC(SC1CCCCC1)C(=O)NC(C)C1CC2CCC1C2. The Morgan fingerprint density at radius 1 is 1.05 bits per heavy atom. The standard InChI is InChI=1S/C18H31NOS/c1-12(17-11-14-8-9-15(17)10-14)19-18(20)13(2)21-16-6-4-3-5-7-16/h12-17H,3-11H2,1-2H3,(H,19,20). The normalized spacial score (nSPS) is 35.6. The molecule has 3 fully saturated rings. The first-order valence-corrected chi connectivity index (χ1v) is 10.0. The Morgan fingerprint density at radius 3 is 2.43 bits per heavy atom. The van der Waals surface area contributed by atoms with Crippen molar-refractivity contribution in [2.24, 2.45) is 17.8 Å². The molecule has 0 aliphatic heterocycles. The fourth-order valence-corrected chi connectivity index (χ4v) is 6.28. The monoisotopic (exact) mass is 309 g/mol. The number of carbonyl (C=O) groups is 1. The van der Waals surface area contributed by atoms with E-state index in [0.29, 0.717) is 6.04 Å². The number of hydrogen-bond acceptors (Lipinski definition) is 2. The number of thioether (sulfide) groups is 1. The van der Waals surface area contributed by atoms with E-state index in [4.69, 9.17) is 0 Å².